The maximum atomic E-state index is 12.8. The van der Waals surface area contributed by atoms with E-state index in [1.54, 1.807) is 26.4 Å². The molecule has 112 valence electrons. The quantitative estimate of drug-likeness (QED) is 0.867. The molecule has 1 aliphatic carbocycles. The van der Waals surface area contributed by atoms with Gasteiger partial charge < -0.3 is 5.32 Å². The minimum Gasteiger partial charge on any atom is -0.387 e. The van der Waals surface area contributed by atoms with Gasteiger partial charge in [-0.15, -0.1) is 0 Å². The topological polar surface area (TPSA) is 62.3 Å². The molecule has 1 aromatic heterocycles. The molecule has 0 aromatic carbocycles. The van der Waals surface area contributed by atoms with E-state index in [0.29, 0.717) is 5.69 Å². The predicted octanol–water partition coefficient (Wildman–Crippen LogP) is 2.47. The van der Waals surface area contributed by atoms with Gasteiger partial charge in [0.25, 0.3) is 0 Å². The van der Waals surface area contributed by atoms with Crippen LogP contribution in [-0.4, -0.2) is 37.8 Å². The first kappa shape index (κ1) is 15.3. The number of rotatable bonds is 4. The number of hydrogen-bond donors (Lipinski definition) is 1. The van der Waals surface area contributed by atoms with Crippen LogP contribution in [0.2, 0.25) is 0 Å². The zero-order chi connectivity index (χ0) is 14.6. The van der Waals surface area contributed by atoms with Gasteiger partial charge in [-0.1, -0.05) is 25.7 Å². The lowest BCUT2D eigenvalue weighted by Crippen LogP contribution is -2.37. The summed E-state index contributed by atoms with van der Waals surface area (Å²) in [7, 11) is -0.0748. The largest absolute Gasteiger partial charge is 0.387 e. The second-order valence-corrected chi connectivity index (χ2v) is 7.25. The molecule has 0 amide bonds. The molecule has 0 radical (unpaired) electrons. The fourth-order valence-electron chi connectivity index (χ4n) is 2.76. The van der Waals surface area contributed by atoms with Crippen molar-refractivity contribution in [3.63, 3.8) is 0 Å². The van der Waals surface area contributed by atoms with Crippen molar-refractivity contribution in [3.8, 4) is 0 Å². The maximum absolute atomic E-state index is 12.8. The van der Waals surface area contributed by atoms with Crippen molar-refractivity contribution in [3.05, 3.63) is 18.5 Å². The zero-order valence-corrected chi connectivity index (χ0v) is 13.0. The SMILES string of the molecule is CNc1ccncc1S(=O)(=O)N(C)C1CCCCCC1. The van der Waals surface area contributed by atoms with Crippen LogP contribution in [0.3, 0.4) is 0 Å². The van der Waals surface area contributed by atoms with Crippen LogP contribution in [0.1, 0.15) is 38.5 Å². The van der Waals surface area contributed by atoms with Crippen LogP contribution in [0.5, 0.6) is 0 Å². The van der Waals surface area contributed by atoms with Crippen molar-refractivity contribution in [2.24, 2.45) is 0 Å². The summed E-state index contributed by atoms with van der Waals surface area (Å²) >= 11 is 0. The first-order valence-corrected chi connectivity index (χ1v) is 8.61. The standard InChI is InChI=1S/C14H23N3O2S/c1-15-13-9-10-16-11-14(13)20(18,19)17(2)12-7-5-3-4-6-8-12/h9-12H,3-8H2,1-2H3,(H,15,16). The molecular formula is C14H23N3O2S. The highest BCUT2D eigenvalue weighted by atomic mass is 32.2. The van der Waals surface area contributed by atoms with Crippen molar-refractivity contribution >= 4 is 15.7 Å². The third-order valence-electron chi connectivity index (χ3n) is 4.05. The third kappa shape index (κ3) is 3.12. The molecule has 2 rings (SSSR count). The minimum absolute atomic E-state index is 0.104. The zero-order valence-electron chi connectivity index (χ0n) is 12.2. The molecule has 20 heavy (non-hydrogen) atoms. The fourth-order valence-corrected chi connectivity index (χ4v) is 4.32. The van der Waals surface area contributed by atoms with E-state index in [0.717, 1.165) is 25.7 Å². The summed E-state index contributed by atoms with van der Waals surface area (Å²) in [4.78, 5) is 4.22. The first-order valence-electron chi connectivity index (χ1n) is 7.17. The maximum Gasteiger partial charge on any atom is 0.246 e. The summed E-state index contributed by atoms with van der Waals surface area (Å²) in [5.41, 5.74) is 0.598. The fraction of sp³-hybridized carbons (Fsp3) is 0.643. The summed E-state index contributed by atoms with van der Waals surface area (Å²) in [6.45, 7) is 0. The third-order valence-corrected chi connectivity index (χ3v) is 5.99. The number of aromatic nitrogens is 1. The second kappa shape index (κ2) is 6.54. The van der Waals surface area contributed by atoms with Crippen LogP contribution in [0.25, 0.3) is 0 Å². The van der Waals surface area contributed by atoms with Crippen molar-refractivity contribution in [1.29, 1.82) is 0 Å². The molecule has 0 unspecified atom stereocenters. The number of pyridine rings is 1. The van der Waals surface area contributed by atoms with Crippen LogP contribution in [0, 0.1) is 0 Å². The van der Waals surface area contributed by atoms with Gasteiger partial charge in [-0.05, 0) is 18.9 Å². The van der Waals surface area contributed by atoms with Crippen molar-refractivity contribution < 1.29 is 8.42 Å². The number of nitrogens with one attached hydrogen (secondary N) is 1. The molecule has 0 spiro atoms. The van der Waals surface area contributed by atoms with E-state index in [1.165, 1.54) is 23.3 Å². The Labute approximate surface area is 121 Å². The summed E-state index contributed by atoms with van der Waals surface area (Å²) < 4.78 is 27.1. The van der Waals surface area contributed by atoms with Crippen molar-refractivity contribution in [2.75, 3.05) is 19.4 Å². The Hall–Kier alpha value is -1.14. The van der Waals surface area contributed by atoms with E-state index < -0.39 is 10.0 Å². The van der Waals surface area contributed by atoms with E-state index in [1.807, 2.05) is 0 Å². The van der Waals surface area contributed by atoms with Gasteiger partial charge in [0.1, 0.15) is 4.90 Å². The van der Waals surface area contributed by atoms with Gasteiger partial charge in [0.2, 0.25) is 10.0 Å². The molecule has 5 nitrogen and oxygen atoms in total. The number of sulfonamides is 1. The highest BCUT2D eigenvalue weighted by molar-refractivity contribution is 7.89. The summed E-state index contributed by atoms with van der Waals surface area (Å²) in [6, 6.07) is 1.79. The Kier molecular flexibility index (Phi) is 4.99. The number of nitrogens with zero attached hydrogens (tertiary/aromatic N) is 2. The van der Waals surface area contributed by atoms with Crippen LogP contribution >= 0.6 is 0 Å². The Bertz CT molecular complexity index is 537. The lowest BCUT2D eigenvalue weighted by molar-refractivity contribution is 0.336. The highest BCUT2D eigenvalue weighted by Crippen LogP contribution is 2.28. The minimum atomic E-state index is -3.49. The van der Waals surface area contributed by atoms with Crippen LogP contribution in [0.4, 0.5) is 5.69 Å². The number of hydrogen-bond acceptors (Lipinski definition) is 4. The van der Waals surface area contributed by atoms with Gasteiger partial charge in [0, 0.05) is 32.5 Å². The summed E-state index contributed by atoms with van der Waals surface area (Å²) in [5.74, 6) is 0. The normalized spacial score (nSPS) is 17.9. The van der Waals surface area contributed by atoms with Gasteiger partial charge in [0.05, 0.1) is 5.69 Å². The number of anilines is 1. The van der Waals surface area contributed by atoms with Gasteiger partial charge in [-0.3, -0.25) is 4.98 Å². The van der Waals surface area contributed by atoms with Gasteiger partial charge in [-0.2, -0.15) is 4.31 Å². The molecular weight excluding hydrogens is 274 g/mol. The first-order chi connectivity index (χ1) is 9.57. The lowest BCUT2D eigenvalue weighted by Gasteiger charge is -2.27. The predicted molar refractivity (Wildman–Crippen MR) is 80.2 cm³/mol. The summed E-state index contributed by atoms with van der Waals surface area (Å²) in [5, 5.41) is 2.93. The van der Waals surface area contributed by atoms with E-state index in [2.05, 4.69) is 10.3 Å². The second-order valence-electron chi connectivity index (χ2n) is 5.29. The van der Waals surface area contributed by atoms with Crippen LogP contribution in [-0.2, 0) is 10.0 Å². The Balaban J connectivity index is 2.28. The molecule has 1 saturated carbocycles. The average Bonchev–Trinajstić information content (AvgIpc) is 2.75. The Morgan fingerprint density at radius 3 is 2.50 bits per heavy atom. The Morgan fingerprint density at radius 1 is 1.25 bits per heavy atom. The monoisotopic (exact) mass is 297 g/mol. The van der Waals surface area contributed by atoms with Crippen molar-refractivity contribution in [1.82, 2.24) is 9.29 Å². The molecule has 0 saturated heterocycles. The van der Waals surface area contributed by atoms with Crippen molar-refractivity contribution in [2.45, 2.75) is 49.5 Å². The van der Waals surface area contributed by atoms with Gasteiger partial charge in [0.15, 0.2) is 0 Å². The van der Waals surface area contributed by atoms with Crippen LogP contribution in [0.15, 0.2) is 23.4 Å². The smallest absolute Gasteiger partial charge is 0.246 e. The van der Waals surface area contributed by atoms with E-state index >= 15 is 0 Å². The molecule has 1 fully saturated rings. The molecule has 1 aromatic rings. The van der Waals surface area contributed by atoms with E-state index in [9.17, 15) is 8.42 Å². The lowest BCUT2D eigenvalue weighted by atomic mass is 10.1. The molecule has 0 atom stereocenters. The molecule has 6 heteroatoms. The van der Waals surface area contributed by atoms with E-state index in [-0.39, 0.29) is 10.9 Å². The molecule has 0 aliphatic heterocycles. The molecule has 1 aliphatic rings. The molecule has 1 heterocycles. The van der Waals surface area contributed by atoms with Crippen LogP contribution < -0.4 is 5.32 Å². The Morgan fingerprint density at radius 2 is 1.90 bits per heavy atom. The average molecular weight is 297 g/mol. The summed E-state index contributed by atoms with van der Waals surface area (Å²) in [6.07, 6.45) is 9.55. The molecule has 0 bridgehead atoms. The van der Waals surface area contributed by atoms with Gasteiger partial charge in [-0.25, -0.2) is 8.42 Å². The molecule has 1 N–H and O–H groups in total. The highest BCUT2D eigenvalue weighted by Gasteiger charge is 2.30. The van der Waals surface area contributed by atoms with Gasteiger partial charge >= 0.3 is 0 Å². The van der Waals surface area contributed by atoms with E-state index in [4.69, 9.17) is 0 Å².